The molecule has 0 bridgehead atoms. The summed E-state index contributed by atoms with van der Waals surface area (Å²) in [5.41, 5.74) is 0.835. The largest absolute Gasteiger partial charge is 0.460 e. The third-order valence-electron chi connectivity index (χ3n) is 4.12. The summed E-state index contributed by atoms with van der Waals surface area (Å²) in [6, 6.07) is 12.9. The van der Waals surface area contributed by atoms with Gasteiger partial charge in [-0.1, -0.05) is 30.3 Å². The quantitative estimate of drug-likeness (QED) is 0.767. The highest BCUT2D eigenvalue weighted by Gasteiger charge is 2.40. The second kappa shape index (κ2) is 7.33. The van der Waals surface area contributed by atoms with Crippen molar-refractivity contribution in [3.05, 3.63) is 66.0 Å². The predicted octanol–water partition coefficient (Wildman–Crippen LogP) is 2.72. The summed E-state index contributed by atoms with van der Waals surface area (Å²) >= 11 is 0. The number of hydrogen-bond donors (Lipinski definition) is 0. The molecule has 7 heteroatoms. The second-order valence-electron chi connectivity index (χ2n) is 5.82. The van der Waals surface area contributed by atoms with Gasteiger partial charge in [-0.3, -0.25) is 4.79 Å². The molecule has 5 nitrogen and oxygen atoms in total. The van der Waals surface area contributed by atoms with E-state index in [0.29, 0.717) is 12.8 Å². The summed E-state index contributed by atoms with van der Waals surface area (Å²) in [6.07, 6.45) is 0.986. The molecule has 0 N–H and O–H groups in total. The van der Waals surface area contributed by atoms with Crippen LogP contribution in [0.25, 0.3) is 0 Å². The van der Waals surface area contributed by atoms with E-state index in [1.54, 1.807) is 0 Å². The molecular formula is C18H18FNO4S. The molecule has 3 rings (SSSR count). The molecule has 0 aromatic heterocycles. The Bertz CT molecular complexity index is 837. The molecule has 1 fully saturated rings. The Morgan fingerprint density at radius 3 is 2.48 bits per heavy atom. The molecule has 132 valence electrons. The Morgan fingerprint density at radius 1 is 1.12 bits per heavy atom. The third-order valence-corrected chi connectivity index (χ3v) is 6.04. The van der Waals surface area contributed by atoms with Crippen LogP contribution in [0.5, 0.6) is 0 Å². The first-order valence-electron chi connectivity index (χ1n) is 7.96. The zero-order chi connectivity index (χ0) is 17.9. The fourth-order valence-electron chi connectivity index (χ4n) is 2.83. The lowest BCUT2D eigenvalue weighted by Crippen LogP contribution is -2.41. The van der Waals surface area contributed by atoms with Gasteiger partial charge in [-0.05, 0) is 42.7 Å². The highest BCUT2D eigenvalue weighted by molar-refractivity contribution is 7.89. The van der Waals surface area contributed by atoms with Gasteiger partial charge < -0.3 is 4.74 Å². The highest BCUT2D eigenvalue weighted by Crippen LogP contribution is 2.27. The molecule has 1 saturated heterocycles. The van der Waals surface area contributed by atoms with Crippen LogP contribution >= 0.6 is 0 Å². The molecule has 2 aromatic rings. The van der Waals surface area contributed by atoms with Gasteiger partial charge >= 0.3 is 5.97 Å². The van der Waals surface area contributed by atoms with E-state index in [2.05, 4.69) is 0 Å². The Morgan fingerprint density at radius 2 is 1.80 bits per heavy atom. The molecular weight excluding hydrogens is 345 g/mol. The van der Waals surface area contributed by atoms with E-state index in [-0.39, 0.29) is 18.0 Å². The van der Waals surface area contributed by atoms with E-state index >= 15 is 0 Å². The van der Waals surface area contributed by atoms with E-state index in [0.717, 1.165) is 22.0 Å². The molecule has 0 amide bonds. The van der Waals surface area contributed by atoms with Crippen LogP contribution in [0.4, 0.5) is 4.39 Å². The summed E-state index contributed by atoms with van der Waals surface area (Å²) in [4.78, 5) is 12.3. The third kappa shape index (κ3) is 3.88. The Balaban J connectivity index is 1.73. The maximum atomic E-state index is 13.0. The topological polar surface area (TPSA) is 63.7 Å². The van der Waals surface area contributed by atoms with Crippen molar-refractivity contribution >= 4 is 16.0 Å². The van der Waals surface area contributed by atoms with Gasteiger partial charge in [-0.15, -0.1) is 0 Å². The summed E-state index contributed by atoms with van der Waals surface area (Å²) in [7, 11) is -3.87. The second-order valence-corrected chi connectivity index (χ2v) is 7.71. The summed E-state index contributed by atoms with van der Waals surface area (Å²) in [5, 5.41) is 0. The smallest absolute Gasteiger partial charge is 0.324 e. The van der Waals surface area contributed by atoms with Crippen LogP contribution in [0.3, 0.4) is 0 Å². The van der Waals surface area contributed by atoms with Gasteiger partial charge in [-0.25, -0.2) is 12.8 Å². The number of halogens is 1. The molecule has 2 aromatic carbocycles. The minimum absolute atomic E-state index is 0.0309. The molecule has 1 aliphatic rings. The lowest BCUT2D eigenvalue weighted by molar-refractivity contribution is -0.148. The average molecular weight is 363 g/mol. The first-order chi connectivity index (χ1) is 12.0. The van der Waals surface area contributed by atoms with Crippen molar-refractivity contribution in [2.24, 2.45) is 0 Å². The van der Waals surface area contributed by atoms with Crippen molar-refractivity contribution < 1.29 is 22.3 Å². The number of rotatable bonds is 5. The minimum Gasteiger partial charge on any atom is -0.460 e. The van der Waals surface area contributed by atoms with Crippen molar-refractivity contribution in [1.82, 2.24) is 4.31 Å². The zero-order valence-electron chi connectivity index (χ0n) is 13.5. The number of nitrogens with zero attached hydrogens (tertiary/aromatic N) is 1. The first-order valence-corrected chi connectivity index (χ1v) is 9.40. The molecule has 1 heterocycles. The molecule has 0 radical (unpaired) electrons. The van der Waals surface area contributed by atoms with Gasteiger partial charge in [-0.2, -0.15) is 4.31 Å². The minimum atomic E-state index is -3.87. The van der Waals surface area contributed by atoms with Crippen LogP contribution in [-0.4, -0.2) is 31.3 Å². The number of esters is 1. The molecule has 0 aliphatic carbocycles. The molecule has 25 heavy (non-hydrogen) atoms. The number of carbonyl (C=O) groups excluding carboxylic acids is 1. The van der Waals surface area contributed by atoms with Crippen molar-refractivity contribution in [3.63, 3.8) is 0 Å². The van der Waals surface area contributed by atoms with E-state index in [9.17, 15) is 17.6 Å². The molecule has 1 aliphatic heterocycles. The van der Waals surface area contributed by atoms with Crippen LogP contribution in [0, 0.1) is 5.82 Å². The Hall–Kier alpha value is -2.25. The van der Waals surface area contributed by atoms with Gasteiger partial charge in [0.05, 0.1) is 4.90 Å². The number of ether oxygens (including phenoxy) is 1. The van der Waals surface area contributed by atoms with Crippen LogP contribution in [0.2, 0.25) is 0 Å². The van der Waals surface area contributed by atoms with E-state index in [1.165, 1.54) is 12.1 Å². The van der Waals surface area contributed by atoms with Gasteiger partial charge in [0.15, 0.2) is 0 Å². The van der Waals surface area contributed by atoms with Crippen LogP contribution < -0.4 is 0 Å². The lowest BCUT2D eigenvalue weighted by Gasteiger charge is -2.22. The van der Waals surface area contributed by atoms with E-state index < -0.39 is 27.9 Å². The summed E-state index contributed by atoms with van der Waals surface area (Å²) < 4.78 is 44.9. The molecule has 0 spiro atoms. The molecule has 0 unspecified atom stereocenters. The first kappa shape index (κ1) is 17.6. The van der Waals surface area contributed by atoms with Crippen LogP contribution in [-0.2, 0) is 26.2 Å². The van der Waals surface area contributed by atoms with Crippen molar-refractivity contribution in [2.75, 3.05) is 6.54 Å². The number of carbonyl (C=O) groups is 1. The standard InChI is InChI=1S/C18H18FNO4S/c19-15-8-10-16(11-9-15)25(22,23)20-12-4-7-17(20)18(21)24-13-14-5-2-1-3-6-14/h1-3,5-6,8-11,17H,4,7,12-13H2/t17-/m0/s1. The maximum Gasteiger partial charge on any atom is 0.324 e. The van der Waals surface area contributed by atoms with Crippen molar-refractivity contribution in [1.29, 1.82) is 0 Å². The Labute approximate surface area is 146 Å². The number of sulfonamides is 1. The van der Waals surface area contributed by atoms with E-state index in [1.807, 2.05) is 30.3 Å². The zero-order valence-corrected chi connectivity index (χ0v) is 14.3. The van der Waals surface area contributed by atoms with Gasteiger partial charge in [0.25, 0.3) is 0 Å². The van der Waals surface area contributed by atoms with Crippen molar-refractivity contribution in [2.45, 2.75) is 30.4 Å². The fourth-order valence-corrected chi connectivity index (χ4v) is 4.48. The highest BCUT2D eigenvalue weighted by atomic mass is 32.2. The summed E-state index contributed by atoms with van der Waals surface area (Å²) in [6.45, 7) is 0.339. The van der Waals surface area contributed by atoms with Crippen LogP contribution in [0.1, 0.15) is 18.4 Å². The monoisotopic (exact) mass is 363 g/mol. The summed E-state index contributed by atoms with van der Waals surface area (Å²) in [5.74, 6) is -1.08. The normalized spacial score (nSPS) is 18.2. The van der Waals surface area contributed by atoms with Gasteiger partial charge in [0.1, 0.15) is 18.5 Å². The SMILES string of the molecule is O=C(OCc1ccccc1)[C@@H]1CCCN1S(=O)(=O)c1ccc(F)cc1. The Kier molecular flexibility index (Phi) is 5.15. The molecule has 0 saturated carbocycles. The van der Waals surface area contributed by atoms with E-state index in [4.69, 9.17) is 4.74 Å². The number of benzene rings is 2. The maximum absolute atomic E-state index is 13.0. The van der Waals surface area contributed by atoms with Crippen molar-refractivity contribution in [3.8, 4) is 0 Å². The predicted molar refractivity (Wildman–Crippen MR) is 89.6 cm³/mol. The lowest BCUT2D eigenvalue weighted by atomic mass is 10.2. The van der Waals surface area contributed by atoms with Crippen LogP contribution in [0.15, 0.2) is 59.5 Å². The fraction of sp³-hybridized carbons (Fsp3) is 0.278. The van der Waals surface area contributed by atoms with Gasteiger partial charge in [0.2, 0.25) is 10.0 Å². The molecule has 1 atom stereocenters. The number of hydrogen-bond acceptors (Lipinski definition) is 4. The average Bonchev–Trinajstić information content (AvgIpc) is 3.12. The van der Waals surface area contributed by atoms with Gasteiger partial charge in [0, 0.05) is 6.54 Å².